The number of carboxylic acid groups (broad SMARTS) is 1. The molecule has 0 aliphatic rings. The predicted molar refractivity (Wildman–Crippen MR) is 80.9 cm³/mol. The van der Waals surface area contributed by atoms with Crippen molar-refractivity contribution in [3.8, 4) is 0 Å². The van der Waals surface area contributed by atoms with Crippen LogP contribution in [0.3, 0.4) is 0 Å². The highest BCUT2D eigenvalue weighted by Crippen LogP contribution is 2.18. The zero-order valence-electron chi connectivity index (χ0n) is 10.9. The number of amides is 1. The molecule has 0 radical (unpaired) electrons. The van der Waals surface area contributed by atoms with Crippen molar-refractivity contribution in [2.75, 3.05) is 12.0 Å². The second-order valence-electron chi connectivity index (χ2n) is 4.03. The zero-order chi connectivity index (χ0) is 14.3. The van der Waals surface area contributed by atoms with E-state index in [1.165, 1.54) is 17.4 Å². The van der Waals surface area contributed by atoms with Crippen LogP contribution < -0.4 is 5.32 Å². The van der Waals surface area contributed by atoms with E-state index in [1.807, 2.05) is 13.2 Å². The molecule has 0 fully saturated rings. The lowest BCUT2D eigenvalue weighted by Gasteiger charge is -2.12. The molecule has 0 saturated carbocycles. The molecule has 1 atom stereocenters. The summed E-state index contributed by atoms with van der Waals surface area (Å²) in [5.74, 6) is -0.169. The summed E-state index contributed by atoms with van der Waals surface area (Å²) < 4.78 is 0. The number of hydrogen-bond donors (Lipinski definition) is 2. The van der Waals surface area contributed by atoms with Crippen molar-refractivity contribution in [2.45, 2.75) is 19.4 Å². The standard InChI is InChI=1S/C13H17NO3S2/c1-9(5-7-18-2)14-13(17)12-10(6-8-19-12)3-4-11(15)16/h3-4,6,8-9H,5,7H2,1-2H3,(H,14,17)(H,15,16)/b4-3+. The fraction of sp³-hybridized carbons (Fsp3) is 0.385. The first-order valence-electron chi connectivity index (χ1n) is 5.83. The molecule has 1 rings (SSSR count). The number of thioether (sulfide) groups is 1. The average molecular weight is 299 g/mol. The lowest BCUT2D eigenvalue weighted by atomic mass is 10.2. The third kappa shape index (κ3) is 5.48. The first-order chi connectivity index (χ1) is 9.04. The van der Waals surface area contributed by atoms with Gasteiger partial charge in [0.25, 0.3) is 5.91 Å². The van der Waals surface area contributed by atoms with Gasteiger partial charge in [0.1, 0.15) is 0 Å². The van der Waals surface area contributed by atoms with Crippen LogP contribution in [0.25, 0.3) is 6.08 Å². The molecule has 1 amide bonds. The van der Waals surface area contributed by atoms with Gasteiger partial charge in [0.15, 0.2) is 0 Å². The van der Waals surface area contributed by atoms with Crippen molar-refractivity contribution in [1.29, 1.82) is 0 Å². The lowest BCUT2D eigenvalue weighted by molar-refractivity contribution is -0.131. The summed E-state index contributed by atoms with van der Waals surface area (Å²) in [6.07, 6.45) is 5.43. The summed E-state index contributed by atoms with van der Waals surface area (Å²) in [5, 5.41) is 13.3. The second kappa shape index (κ2) is 8.01. The Morgan fingerprint density at radius 1 is 1.58 bits per heavy atom. The summed E-state index contributed by atoms with van der Waals surface area (Å²) in [6.45, 7) is 1.97. The van der Waals surface area contributed by atoms with Crippen LogP contribution in [0.15, 0.2) is 17.5 Å². The van der Waals surface area contributed by atoms with Crippen LogP contribution in [0.4, 0.5) is 0 Å². The molecule has 6 heteroatoms. The topological polar surface area (TPSA) is 66.4 Å². The largest absolute Gasteiger partial charge is 0.478 e. The summed E-state index contributed by atoms with van der Waals surface area (Å²) >= 11 is 3.06. The maximum Gasteiger partial charge on any atom is 0.328 e. The number of carboxylic acids is 1. The predicted octanol–water partition coefficient (Wildman–Crippen LogP) is 2.72. The van der Waals surface area contributed by atoms with Crippen molar-refractivity contribution in [3.05, 3.63) is 28.0 Å². The Morgan fingerprint density at radius 2 is 2.32 bits per heavy atom. The number of rotatable bonds is 7. The first-order valence-corrected chi connectivity index (χ1v) is 8.10. The maximum atomic E-state index is 12.1. The fourth-order valence-electron chi connectivity index (χ4n) is 1.45. The van der Waals surface area contributed by atoms with E-state index in [2.05, 4.69) is 5.32 Å². The quantitative estimate of drug-likeness (QED) is 0.760. The van der Waals surface area contributed by atoms with Gasteiger partial charge in [0.2, 0.25) is 0 Å². The van der Waals surface area contributed by atoms with Gasteiger partial charge in [-0.1, -0.05) is 0 Å². The molecule has 0 spiro atoms. The highest BCUT2D eigenvalue weighted by molar-refractivity contribution is 7.98. The fourth-order valence-corrected chi connectivity index (χ4v) is 2.83. The monoisotopic (exact) mass is 299 g/mol. The number of nitrogens with one attached hydrogen (secondary N) is 1. The Balaban J connectivity index is 2.67. The van der Waals surface area contributed by atoms with Crippen LogP contribution in [0.1, 0.15) is 28.6 Å². The van der Waals surface area contributed by atoms with Crippen molar-refractivity contribution in [2.24, 2.45) is 0 Å². The summed E-state index contributed by atoms with van der Waals surface area (Å²) in [4.78, 5) is 23.1. The van der Waals surface area contributed by atoms with Gasteiger partial charge >= 0.3 is 5.97 Å². The van der Waals surface area contributed by atoms with Crippen molar-refractivity contribution in [1.82, 2.24) is 5.32 Å². The third-order valence-corrected chi connectivity index (χ3v) is 4.01. The number of aliphatic carboxylic acids is 1. The normalized spacial score (nSPS) is 12.5. The van der Waals surface area contributed by atoms with E-state index in [0.29, 0.717) is 10.4 Å². The summed E-state index contributed by atoms with van der Waals surface area (Å²) in [5.41, 5.74) is 0.641. The summed E-state index contributed by atoms with van der Waals surface area (Å²) in [6, 6.07) is 1.85. The van der Waals surface area contributed by atoms with E-state index in [4.69, 9.17) is 5.11 Å². The highest BCUT2D eigenvalue weighted by atomic mass is 32.2. The minimum atomic E-state index is -1.02. The summed E-state index contributed by atoms with van der Waals surface area (Å²) in [7, 11) is 0. The molecule has 0 aliphatic heterocycles. The lowest BCUT2D eigenvalue weighted by Crippen LogP contribution is -2.32. The second-order valence-corrected chi connectivity index (χ2v) is 5.93. The van der Waals surface area contributed by atoms with E-state index in [1.54, 1.807) is 23.2 Å². The van der Waals surface area contributed by atoms with Gasteiger partial charge in [-0.25, -0.2) is 4.79 Å². The van der Waals surface area contributed by atoms with E-state index >= 15 is 0 Å². The zero-order valence-corrected chi connectivity index (χ0v) is 12.5. The molecule has 0 aromatic carbocycles. The molecule has 1 unspecified atom stereocenters. The van der Waals surface area contributed by atoms with Gasteiger partial charge in [0.05, 0.1) is 4.88 Å². The van der Waals surface area contributed by atoms with Crippen molar-refractivity contribution >= 4 is 41.1 Å². The molecule has 104 valence electrons. The van der Waals surface area contributed by atoms with E-state index in [0.717, 1.165) is 18.2 Å². The van der Waals surface area contributed by atoms with E-state index < -0.39 is 5.97 Å². The van der Waals surface area contributed by atoms with E-state index in [-0.39, 0.29) is 11.9 Å². The molecule has 1 heterocycles. The van der Waals surface area contributed by atoms with Gasteiger partial charge in [-0.3, -0.25) is 4.79 Å². The van der Waals surface area contributed by atoms with E-state index in [9.17, 15) is 9.59 Å². The highest BCUT2D eigenvalue weighted by Gasteiger charge is 2.14. The van der Waals surface area contributed by atoms with Gasteiger partial charge in [-0.2, -0.15) is 11.8 Å². The Kier molecular flexibility index (Phi) is 6.66. The Morgan fingerprint density at radius 3 is 2.95 bits per heavy atom. The SMILES string of the molecule is CSCCC(C)NC(=O)c1sccc1/C=C/C(=O)O. The maximum absolute atomic E-state index is 12.1. The Bertz CT molecular complexity index is 468. The molecule has 0 aliphatic carbocycles. The van der Waals surface area contributed by atoms with Gasteiger partial charge in [-0.05, 0) is 48.4 Å². The molecule has 4 nitrogen and oxygen atoms in total. The molecule has 0 saturated heterocycles. The smallest absolute Gasteiger partial charge is 0.328 e. The minimum absolute atomic E-state index is 0.110. The van der Waals surface area contributed by atoms with Crippen LogP contribution in [-0.4, -0.2) is 35.0 Å². The van der Waals surface area contributed by atoms with Crippen LogP contribution in [0.5, 0.6) is 0 Å². The van der Waals surface area contributed by atoms with Crippen LogP contribution in [-0.2, 0) is 4.79 Å². The average Bonchev–Trinajstić information content (AvgIpc) is 2.82. The first kappa shape index (κ1) is 15.8. The molecule has 0 bridgehead atoms. The van der Waals surface area contributed by atoms with Crippen molar-refractivity contribution < 1.29 is 14.7 Å². The van der Waals surface area contributed by atoms with Crippen molar-refractivity contribution in [3.63, 3.8) is 0 Å². The van der Waals surface area contributed by atoms with Gasteiger partial charge < -0.3 is 10.4 Å². The number of hydrogen-bond acceptors (Lipinski definition) is 4. The molecule has 1 aromatic rings. The Hall–Kier alpha value is -1.27. The van der Waals surface area contributed by atoms with Crippen LogP contribution in [0, 0.1) is 0 Å². The molecule has 19 heavy (non-hydrogen) atoms. The van der Waals surface area contributed by atoms with Crippen LogP contribution in [0.2, 0.25) is 0 Å². The van der Waals surface area contributed by atoms with Gasteiger partial charge in [0, 0.05) is 12.1 Å². The van der Waals surface area contributed by atoms with Crippen LogP contribution >= 0.6 is 23.1 Å². The third-order valence-electron chi connectivity index (χ3n) is 2.44. The minimum Gasteiger partial charge on any atom is -0.478 e. The number of thiophene rings is 1. The number of carbonyl (C=O) groups is 2. The Labute approximate surface area is 120 Å². The molecule has 2 N–H and O–H groups in total. The molecular formula is C13H17NO3S2. The molecule has 1 aromatic heterocycles. The number of carbonyl (C=O) groups excluding carboxylic acids is 1. The van der Waals surface area contributed by atoms with Gasteiger partial charge in [-0.15, -0.1) is 11.3 Å². The molecular weight excluding hydrogens is 282 g/mol.